The van der Waals surface area contributed by atoms with Crippen molar-refractivity contribution in [1.82, 2.24) is 10.2 Å². The molecule has 1 fully saturated rings. The number of nitrogens with zero attached hydrogens (tertiary/aromatic N) is 1. The van der Waals surface area contributed by atoms with Gasteiger partial charge in [-0.3, -0.25) is 4.90 Å². The number of hydrogen-bond acceptors (Lipinski definition) is 3. The third-order valence-corrected chi connectivity index (χ3v) is 5.09. The van der Waals surface area contributed by atoms with Crippen molar-refractivity contribution in [2.45, 2.75) is 39.3 Å². The van der Waals surface area contributed by atoms with Gasteiger partial charge in [0.15, 0.2) is 0 Å². The van der Waals surface area contributed by atoms with Gasteiger partial charge in [-0.15, -0.1) is 0 Å². The number of hydrogen-bond donors (Lipinski definition) is 1. The average Bonchev–Trinajstić information content (AvgIpc) is 2.72. The second-order valence-electron chi connectivity index (χ2n) is 6.00. The van der Waals surface area contributed by atoms with E-state index in [9.17, 15) is 0 Å². The van der Waals surface area contributed by atoms with Crippen molar-refractivity contribution >= 4 is 15.9 Å². The van der Waals surface area contributed by atoms with E-state index in [2.05, 4.69) is 52.1 Å². The third kappa shape index (κ3) is 4.70. The van der Waals surface area contributed by atoms with Crippen LogP contribution in [0.5, 0.6) is 5.75 Å². The van der Waals surface area contributed by atoms with Crippen LogP contribution >= 0.6 is 15.9 Å². The van der Waals surface area contributed by atoms with Gasteiger partial charge in [-0.2, -0.15) is 0 Å². The van der Waals surface area contributed by atoms with Crippen molar-refractivity contribution in [2.24, 2.45) is 5.92 Å². The summed E-state index contributed by atoms with van der Waals surface area (Å²) in [4.78, 5) is 2.57. The summed E-state index contributed by atoms with van der Waals surface area (Å²) >= 11 is 3.58. The quantitative estimate of drug-likeness (QED) is 0.872. The molecule has 0 saturated carbocycles. The van der Waals surface area contributed by atoms with Crippen molar-refractivity contribution in [2.75, 3.05) is 26.7 Å². The maximum Gasteiger partial charge on any atom is 0.133 e. The molecule has 1 aromatic carbocycles. The van der Waals surface area contributed by atoms with Gasteiger partial charge in [0.2, 0.25) is 0 Å². The summed E-state index contributed by atoms with van der Waals surface area (Å²) in [5.74, 6) is 1.63. The lowest BCUT2D eigenvalue weighted by molar-refractivity contribution is 0.231. The summed E-state index contributed by atoms with van der Waals surface area (Å²) in [6.07, 6.45) is 2.46. The number of methoxy groups -OCH3 is 1. The van der Waals surface area contributed by atoms with Gasteiger partial charge in [0.25, 0.3) is 0 Å². The predicted octanol–water partition coefficient (Wildman–Crippen LogP) is 3.67. The van der Waals surface area contributed by atoms with E-state index in [4.69, 9.17) is 4.74 Å². The Bertz CT molecular complexity index is 452. The molecular formula is C17H27BrN2O. The fraction of sp³-hybridized carbons (Fsp3) is 0.647. The summed E-state index contributed by atoms with van der Waals surface area (Å²) in [6, 6.07) is 7.00. The lowest BCUT2D eigenvalue weighted by Crippen LogP contribution is -2.41. The van der Waals surface area contributed by atoms with Gasteiger partial charge in [0.1, 0.15) is 5.75 Å². The molecule has 0 spiro atoms. The molecule has 4 heteroatoms. The standard InChI is InChI=1S/C17H27BrN2O/c1-4-13(2)16-12-20(9-5-8-19-16)11-14-6-7-17(21-3)15(18)10-14/h6-7,10,13,16,19H,4-5,8-9,11-12H2,1-3H3. The smallest absolute Gasteiger partial charge is 0.133 e. The van der Waals surface area contributed by atoms with E-state index in [1.807, 2.05) is 6.07 Å². The van der Waals surface area contributed by atoms with Crippen molar-refractivity contribution in [3.8, 4) is 5.75 Å². The van der Waals surface area contributed by atoms with E-state index in [1.165, 1.54) is 24.9 Å². The summed E-state index contributed by atoms with van der Waals surface area (Å²) in [6.45, 7) is 9.09. The molecule has 1 aliphatic rings. The lowest BCUT2D eigenvalue weighted by atomic mass is 9.99. The number of ether oxygens (including phenoxy) is 1. The van der Waals surface area contributed by atoms with E-state index in [1.54, 1.807) is 7.11 Å². The van der Waals surface area contributed by atoms with Gasteiger partial charge in [-0.1, -0.05) is 26.3 Å². The molecule has 1 heterocycles. The van der Waals surface area contributed by atoms with Crippen LogP contribution in [0.1, 0.15) is 32.3 Å². The number of benzene rings is 1. The van der Waals surface area contributed by atoms with Crippen LogP contribution in [0.3, 0.4) is 0 Å². The highest BCUT2D eigenvalue weighted by atomic mass is 79.9. The summed E-state index contributed by atoms with van der Waals surface area (Å²) in [5, 5.41) is 3.71. The van der Waals surface area contributed by atoms with Crippen LogP contribution in [0, 0.1) is 5.92 Å². The van der Waals surface area contributed by atoms with Gasteiger partial charge in [0, 0.05) is 19.1 Å². The monoisotopic (exact) mass is 354 g/mol. The lowest BCUT2D eigenvalue weighted by Gasteiger charge is -2.28. The Balaban J connectivity index is 2.01. The average molecular weight is 355 g/mol. The molecule has 21 heavy (non-hydrogen) atoms. The molecule has 2 unspecified atom stereocenters. The SMILES string of the molecule is CCC(C)C1CN(Cc2ccc(OC)c(Br)c2)CCCN1. The molecular weight excluding hydrogens is 328 g/mol. The van der Waals surface area contributed by atoms with Crippen molar-refractivity contribution in [3.63, 3.8) is 0 Å². The number of halogens is 1. The van der Waals surface area contributed by atoms with Gasteiger partial charge < -0.3 is 10.1 Å². The molecule has 1 N–H and O–H groups in total. The van der Waals surface area contributed by atoms with E-state index >= 15 is 0 Å². The molecule has 3 nitrogen and oxygen atoms in total. The Morgan fingerprint density at radius 2 is 2.29 bits per heavy atom. The van der Waals surface area contributed by atoms with E-state index < -0.39 is 0 Å². The van der Waals surface area contributed by atoms with E-state index in [0.29, 0.717) is 6.04 Å². The fourth-order valence-corrected chi connectivity index (χ4v) is 3.49. The minimum absolute atomic E-state index is 0.610. The Labute approximate surface area is 137 Å². The van der Waals surface area contributed by atoms with Gasteiger partial charge in [-0.05, 0) is 59.1 Å². The summed E-state index contributed by atoms with van der Waals surface area (Å²) in [7, 11) is 1.71. The highest BCUT2D eigenvalue weighted by molar-refractivity contribution is 9.10. The first-order valence-electron chi connectivity index (χ1n) is 7.92. The Hall–Kier alpha value is -0.580. The first-order valence-corrected chi connectivity index (χ1v) is 8.71. The molecule has 1 saturated heterocycles. The first kappa shape index (κ1) is 16.8. The first-order chi connectivity index (χ1) is 10.1. The zero-order valence-corrected chi connectivity index (χ0v) is 14.9. The fourth-order valence-electron chi connectivity index (χ4n) is 2.90. The van der Waals surface area contributed by atoms with Crippen LogP contribution in [-0.2, 0) is 6.54 Å². The predicted molar refractivity (Wildman–Crippen MR) is 91.8 cm³/mol. The molecule has 0 aromatic heterocycles. The largest absolute Gasteiger partial charge is 0.496 e. The molecule has 2 rings (SSSR count). The minimum atomic E-state index is 0.610. The molecule has 0 aliphatic carbocycles. The third-order valence-electron chi connectivity index (χ3n) is 4.47. The van der Waals surface area contributed by atoms with Crippen LogP contribution in [0.4, 0.5) is 0 Å². The summed E-state index contributed by atoms with van der Waals surface area (Å²) in [5.41, 5.74) is 1.34. The normalized spacial score (nSPS) is 21.8. The molecule has 1 aliphatic heterocycles. The topological polar surface area (TPSA) is 24.5 Å². The second kappa shape index (κ2) is 8.16. The van der Waals surface area contributed by atoms with Crippen LogP contribution in [0.2, 0.25) is 0 Å². The van der Waals surface area contributed by atoms with Gasteiger partial charge >= 0.3 is 0 Å². The molecule has 1 aromatic rings. The van der Waals surface area contributed by atoms with E-state index in [0.717, 1.165) is 35.8 Å². The summed E-state index contributed by atoms with van der Waals surface area (Å²) < 4.78 is 6.34. The van der Waals surface area contributed by atoms with Crippen molar-refractivity contribution < 1.29 is 4.74 Å². The maximum absolute atomic E-state index is 5.30. The number of rotatable bonds is 5. The van der Waals surface area contributed by atoms with Crippen molar-refractivity contribution in [1.29, 1.82) is 0 Å². The molecule has 2 atom stereocenters. The molecule has 0 radical (unpaired) electrons. The highest BCUT2D eigenvalue weighted by Crippen LogP contribution is 2.26. The Morgan fingerprint density at radius 1 is 1.48 bits per heavy atom. The Morgan fingerprint density at radius 3 is 2.95 bits per heavy atom. The van der Waals surface area contributed by atoms with Gasteiger partial charge in [-0.25, -0.2) is 0 Å². The zero-order chi connectivity index (χ0) is 15.2. The molecule has 0 amide bonds. The van der Waals surface area contributed by atoms with Crippen LogP contribution in [-0.4, -0.2) is 37.7 Å². The van der Waals surface area contributed by atoms with Crippen molar-refractivity contribution in [3.05, 3.63) is 28.2 Å². The maximum atomic E-state index is 5.30. The van der Waals surface area contributed by atoms with Crippen LogP contribution < -0.4 is 10.1 Å². The van der Waals surface area contributed by atoms with E-state index in [-0.39, 0.29) is 0 Å². The zero-order valence-electron chi connectivity index (χ0n) is 13.4. The second-order valence-corrected chi connectivity index (χ2v) is 6.86. The minimum Gasteiger partial charge on any atom is -0.496 e. The molecule has 118 valence electrons. The molecule has 0 bridgehead atoms. The number of nitrogens with one attached hydrogen (secondary N) is 1. The van der Waals surface area contributed by atoms with Crippen LogP contribution in [0.15, 0.2) is 22.7 Å². The Kier molecular flexibility index (Phi) is 6.52. The van der Waals surface area contributed by atoms with Gasteiger partial charge in [0.05, 0.1) is 11.6 Å². The highest BCUT2D eigenvalue weighted by Gasteiger charge is 2.21. The van der Waals surface area contributed by atoms with Crippen LogP contribution in [0.25, 0.3) is 0 Å².